The number of aromatic nitrogens is 1. The standard InChI is InChI=1S/C13H18N2O3/c1-18-12-6-5-10(8-14-12)13(17)15-7-3-2-4-11(15)9-16/h5-6,8,11,16H,2-4,7,9H2,1H3. The minimum atomic E-state index is -0.0658. The molecule has 1 aromatic heterocycles. The first-order valence-corrected chi connectivity index (χ1v) is 6.18. The normalized spacial score (nSPS) is 19.7. The molecule has 1 amide bonds. The smallest absolute Gasteiger partial charge is 0.255 e. The number of aliphatic hydroxyl groups is 1. The molecule has 1 aliphatic rings. The van der Waals surface area contributed by atoms with Crippen molar-refractivity contribution in [3.05, 3.63) is 23.9 Å². The number of rotatable bonds is 3. The minimum Gasteiger partial charge on any atom is -0.481 e. The number of hydrogen-bond acceptors (Lipinski definition) is 4. The van der Waals surface area contributed by atoms with E-state index in [0.29, 0.717) is 18.0 Å². The van der Waals surface area contributed by atoms with E-state index in [0.717, 1.165) is 19.3 Å². The first-order chi connectivity index (χ1) is 8.76. The van der Waals surface area contributed by atoms with Crippen LogP contribution >= 0.6 is 0 Å². The van der Waals surface area contributed by atoms with Crippen molar-refractivity contribution in [1.29, 1.82) is 0 Å². The highest BCUT2D eigenvalue weighted by Crippen LogP contribution is 2.19. The Morgan fingerprint density at radius 1 is 1.56 bits per heavy atom. The molecule has 2 heterocycles. The van der Waals surface area contributed by atoms with Gasteiger partial charge in [-0.15, -0.1) is 0 Å². The van der Waals surface area contributed by atoms with Crippen LogP contribution in [0.5, 0.6) is 5.88 Å². The summed E-state index contributed by atoms with van der Waals surface area (Å²) < 4.78 is 4.96. The van der Waals surface area contributed by atoms with Crippen LogP contribution in [-0.2, 0) is 0 Å². The predicted octanol–water partition coefficient (Wildman–Crippen LogP) is 1.08. The maximum atomic E-state index is 12.3. The summed E-state index contributed by atoms with van der Waals surface area (Å²) in [6, 6.07) is 3.32. The number of amides is 1. The highest BCUT2D eigenvalue weighted by Gasteiger charge is 2.26. The number of carbonyl (C=O) groups excluding carboxylic acids is 1. The van der Waals surface area contributed by atoms with Gasteiger partial charge in [0.25, 0.3) is 5.91 Å². The lowest BCUT2D eigenvalue weighted by atomic mass is 10.0. The molecule has 0 bridgehead atoms. The van der Waals surface area contributed by atoms with Gasteiger partial charge in [0.1, 0.15) is 0 Å². The van der Waals surface area contributed by atoms with Crippen LogP contribution in [0.15, 0.2) is 18.3 Å². The molecule has 98 valence electrons. The fraction of sp³-hybridized carbons (Fsp3) is 0.538. The highest BCUT2D eigenvalue weighted by molar-refractivity contribution is 5.94. The highest BCUT2D eigenvalue weighted by atomic mass is 16.5. The lowest BCUT2D eigenvalue weighted by molar-refractivity contribution is 0.0502. The van der Waals surface area contributed by atoms with E-state index in [1.807, 2.05) is 0 Å². The molecule has 0 saturated carbocycles. The topological polar surface area (TPSA) is 62.7 Å². The summed E-state index contributed by atoms with van der Waals surface area (Å²) in [7, 11) is 1.54. The largest absolute Gasteiger partial charge is 0.481 e. The molecular formula is C13H18N2O3. The Hall–Kier alpha value is -1.62. The molecule has 1 aromatic rings. The van der Waals surface area contributed by atoms with Crippen molar-refractivity contribution in [3.8, 4) is 5.88 Å². The van der Waals surface area contributed by atoms with Gasteiger partial charge in [0.2, 0.25) is 5.88 Å². The SMILES string of the molecule is COc1ccc(C(=O)N2CCCCC2CO)cn1. The van der Waals surface area contributed by atoms with Gasteiger partial charge < -0.3 is 14.7 Å². The number of methoxy groups -OCH3 is 1. The van der Waals surface area contributed by atoms with Crippen molar-refractivity contribution in [2.75, 3.05) is 20.3 Å². The number of piperidine rings is 1. The van der Waals surface area contributed by atoms with E-state index < -0.39 is 0 Å². The minimum absolute atomic E-state index is 0.0231. The third-order valence-electron chi connectivity index (χ3n) is 3.29. The number of pyridine rings is 1. The van der Waals surface area contributed by atoms with Crippen LogP contribution in [0.1, 0.15) is 29.6 Å². The second-order valence-corrected chi connectivity index (χ2v) is 4.42. The Balaban J connectivity index is 2.13. The van der Waals surface area contributed by atoms with Crippen LogP contribution in [-0.4, -0.2) is 47.2 Å². The molecule has 5 heteroatoms. The van der Waals surface area contributed by atoms with Gasteiger partial charge >= 0.3 is 0 Å². The molecule has 1 saturated heterocycles. The maximum absolute atomic E-state index is 12.3. The van der Waals surface area contributed by atoms with E-state index in [9.17, 15) is 9.90 Å². The average Bonchev–Trinajstić information content (AvgIpc) is 2.46. The summed E-state index contributed by atoms with van der Waals surface area (Å²) >= 11 is 0. The van der Waals surface area contributed by atoms with Gasteiger partial charge in [-0.1, -0.05) is 0 Å². The first-order valence-electron chi connectivity index (χ1n) is 6.18. The molecule has 0 radical (unpaired) electrons. The van der Waals surface area contributed by atoms with Crippen LogP contribution in [0.3, 0.4) is 0 Å². The molecule has 0 spiro atoms. The van der Waals surface area contributed by atoms with Gasteiger partial charge in [-0.2, -0.15) is 0 Å². The number of aliphatic hydroxyl groups excluding tert-OH is 1. The van der Waals surface area contributed by atoms with E-state index in [1.165, 1.54) is 13.3 Å². The molecule has 1 atom stereocenters. The van der Waals surface area contributed by atoms with Gasteiger partial charge in [-0.05, 0) is 25.3 Å². The van der Waals surface area contributed by atoms with Crippen LogP contribution in [0.25, 0.3) is 0 Å². The molecule has 1 fully saturated rings. The van der Waals surface area contributed by atoms with E-state index in [2.05, 4.69) is 4.98 Å². The average molecular weight is 250 g/mol. The van der Waals surface area contributed by atoms with Gasteiger partial charge in [0.15, 0.2) is 0 Å². The number of nitrogens with zero attached hydrogens (tertiary/aromatic N) is 2. The number of hydrogen-bond donors (Lipinski definition) is 1. The van der Waals surface area contributed by atoms with Crippen LogP contribution < -0.4 is 4.74 Å². The lowest BCUT2D eigenvalue weighted by Gasteiger charge is -2.34. The summed E-state index contributed by atoms with van der Waals surface area (Å²) in [6.07, 6.45) is 4.44. The zero-order valence-corrected chi connectivity index (χ0v) is 10.5. The van der Waals surface area contributed by atoms with Gasteiger partial charge in [-0.3, -0.25) is 4.79 Å². The molecule has 1 N–H and O–H groups in total. The van der Waals surface area contributed by atoms with Crippen LogP contribution in [0.2, 0.25) is 0 Å². The second kappa shape index (κ2) is 5.82. The van der Waals surface area contributed by atoms with E-state index in [4.69, 9.17) is 4.74 Å². The Morgan fingerprint density at radius 3 is 3.00 bits per heavy atom. The second-order valence-electron chi connectivity index (χ2n) is 4.42. The Labute approximate surface area is 106 Å². The lowest BCUT2D eigenvalue weighted by Crippen LogP contribution is -2.45. The van der Waals surface area contributed by atoms with Gasteiger partial charge in [0, 0.05) is 18.8 Å². The number of carbonyl (C=O) groups is 1. The Morgan fingerprint density at radius 2 is 2.39 bits per heavy atom. The molecular weight excluding hydrogens is 232 g/mol. The third-order valence-corrected chi connectivity index (χ3v) is 3.29. The number of ether oxygens (including phenoxy) is 1. The Bertz CT molecular complexity index is 405. The maximum Gasteiger partial charge on any atom is 0.255 e. The fourth-order valence-corrected chi connectivity index (χ4v) is 2.25. The first kappa shape index (κ1) is 12.8. The van der Waals surface area contributed by atoms with Gasteiger partial charge in [0.05, 0.1) is 25.3 Å². The van der Waals surface area contributed by atoms with Crippen molar-refractivity contribution in [2.45, 2.75) is 25.3 Å². The van der Waals surface area contributed by atoms with E-state index >= 15 is 0 Å². The number of likely N-dealkylation sites (tertiary alicyclic amines) is 1. The molecule has 1 aliphatic heterocycles. The predicted molar refractivity (Wildman–Crippen MR) is 66.6 cm³/mol. The van der Waals surface area contributed by atoms with Crippen molar-refractivity contribution in [1.82, 2.24) is 9.88 Å². The summed E-state index contributed by atoms with van der Waals surface area (Å²) in [6.45, 7) is 0.728. The monoisotopic (exact) mass is 250 g/mol. The molecule has 0 aromatic carbocycles. The quantitative estimate of drug-likeness (QED) is 0.872. The van der Waals surface area contributed by atoms with Crippen molar-refractivity contribution >= 4 is 5.91 Å². The zero-order valence-electron chi connectivity index (χ0n) is 10.5. The third kappa shape index (κ3) is 2.61. The fourth-order valence-electron chi connectivity index (χ4n) is 2.25. The molecule has 5 nitrogen and oxygen atoms in total. The summed E-state index contributed by atoms with van der Waals surface area (Å²) in [5.74, 6) is 0.424. The van der Waals surface area contributed by atoms with E-state index in [-0.39, 0.29) is 18.6 Å². The Kier molecular flexibility index (Phi) is 4.15. The summed E-state index contributed by atoms with van der Waals surface area (Å²) in [5.41, 5.74) is 0.538. The van der Waals surface area contributed by atoms with E-state index in [1.54, 1.807) is 17.0 Å². The summed E-state index contributed by atoms with van der Waals surface area (Å²) in [5, 5.41) is 9.31. The van der Waals surface area contributed by atoms with Gasteiger partial charge in [-0.25, -0.2) is 4.98 Å². The molecule has 18 heavy (non-hydrogen) atoms. The van der Waals surface area contributed by atoms with Crippen LogP contribution in [0, 0.1) is 0 Å². The summed E-state index contributed by atoms with van der Waals surface area (Å²) in [4.78, 5) is 18.1. The van der Waals surface area contributed by atoms with Crippen molar-refractivity contribution in [3.63, 3.8) is 0 Å². The molecule has 1 unspecified atom stereocenters. The van der Waals surface area contributed by atoms with Crippen LogP contribution in [0.4, 0.5) is 0 Å². The molecule has 0 aliphatic carbocycles. The van der Waals surface area contributed by atoms with Crippen molar-refractivity contribution in [2.24, 2.45) is 0 Å². The zero-order chi connectivity index (χ0) is 13.0. The molecule has 2 rings (SSSR count). The van der Waals surface area contributed by atoms with Crippen molar-refractivity contribution < 1.29 is 14.6 Å².